The Balaban J connectivity index is 0.000000890. The average Bonchev–Trinajstić information content (AvgIpc) is 3.12. The number of nitrogens with zero attached hydrogens (tertiary/aromatic N) is 3. The summed E-state index contributed by atoms with van der Waals surface area (Å²) in [4.78, 5) is 38.8. The van der Waals surface area contributed by atoms with Crippen LogP contribution in [0.2, 0.25) is 0 Å². The van der Waals surface area contributed by atoms with Gasteiger partial charge in [0.1, 0.15) is 11.9 Å². The van der Waals surface area contributed by atoms with E-state index in [1.54, 1.807) is 34.1 Å². The Bertz CT molecular complexity index is 832. The number of carbonyl (C=O) groups excluding carboxylic acids is 2. The minimum atomic E-state index is -0.833. The van der Waals surface area contributed by atoms with Crippen LogP contribution in [0.25, 0.3) is 0 Å². The number of hydrogen-bond donors (Lipinski definition) is 3. The number of amidine groups is 1. The topological polar surface area (TPSA) is 149 Å². The van der Waals surface area contributed by atoms with E-state index in [0.29, 0.717) is 44.3 Å². The van der Waals surface area contributed by atoms with E-state index in [9.17, 15) is 9.59 Å². The fourth-order valence-electron chi connectivity index (χ4n) is 3.38. The summed E-state index contributed by atoms with van der Waals surface area (Å²) in [6.07, 6.45) is -0.860. The number of rotatable bonds is 6. The Labute approximate surface area is 193 Å². The molecule has 0 aliphatic carbocycles. The number of anilines is 1. The van der Waals surface area contributed by atoms with E-state index in [4.69, 9.17) is 30.5 Å². The van der Waals surface area contributed by atoms with Crippen LogP contribution in [0.4, 0.5) is 15.3 Å². The van der Waals surface area contributed by atoms with Crippen molar-refractivity contribution in [2.24, 2.45) is 11.7 Å². The summed E-state index contributed by atoms with van der Waals surface area (Å²) >= 11 is 0. The lowest BCUT2D eigenvalue weighted by Crippen LogP contribution is -2.51. The van der Waals surface area contributed by atoms with Gasteiger partial charge < -0.3 is 25.2 Å². The van der Waals surface area contributed by atoms with Gasteiger partial charge in [0, 0.05) is 50.9 Å². The molecule has 0 bridgehead atoms. The van der Waals surface area contributed by atoms with Gasteiger partial charge >= 0.3 is 12.2 Å². The molecule has 1 aromatic carbocycles. The van der Waals surface area contributed by atoms with Crippen LogP contribution < -0.4 is 10.6 Å². The zero-order valence-corrected chi connectivity index (χ0v) is 19.3. The van der Waals surface area contributed by atoms with Gasteiger partial charge in [-0.2, -0.15) is 0 Å². The van der Waals surface area contributed by atoms with E-state index in [-0.39, 0.29) is 24.1 Å². The van der Waals surface area contributed by atoms with Gasteiger partial charge in [0.15, 0.2) is 0 Å². The van der Waals surface area contributed by atoms with Gasteiger partial charge in [-0.25, -0.2) is 9.59 Å². The van der Waals surface area contributed by atoms with Crippen molar-refractivity contribution in [3.8, 4) is 0 Å². The molecule has 1 aromatic rings. The lowest BCUT2D eigenvalue weighted by molar-refractivity contribution is -0.134. The van der Waals surface area contributed by atoms with Crippen LogP contribution in [-0.4, -0.2) is 90.9 Å². The van der Waals surface area contributed by atoms with Crippen molar-refractivity contribution >= 4 is 29.7 Å². The zero-order chi connectivity index (χ0) is 24.5. The number of piperazine rings is 1. The van der Waals surface area contributed by atoms with Gasteiger partial charge in [-0.3, -0.25) is 20.0 Å². The third kappa shape index (κ3) is 8.26. The van der Waals surface area contributed by atoms with E-state index in [0.717, 1.165) is 25.7 Å². The monoisotopic (exact) mass is 463 g/mol. The second-order valence-corrected chi connectivity index (χ2v) is 8.35. The van der Waals surface area contributed by atoms with E-state index in [2.05, 4.69) is 4.90 Å². The lowest BCUT2D eigenvalue weighted by Gasteiger charge is -2.34. The van der Waals surface area contributed by atoms with Gasteiger partial charge in [-0.1, -0.05) is 13.8 Å². The van der Waals surface area contributed by atoms with E-state index >= 15 is 0 Å². The van der Waals surface area contributed by atoms with Crippen molar-refractivity contribution in [2.75, 3.05) is 50.8 Å². The molecule has 3 rings (SSSR count). The van der Waals surface area contributed by atoms with Crippen molar-refractivity contribution in [3.05, 3.63) is 29.8 Å². The van der Waals surface area contributed by atoms with Crippen LogP contribution in [0.3, 0.4) is 0 Å². The molecule has 11 nitrogen and oxygen atoms in total. The number of aliphatic carboxylic acids is 1. The summed E-state index contributed by atoms with van der Waals surface area (Å²) in [6, 6.07) is 6.97. The number of ether oxygens (including phenoxy) is 2. The largest absolute Gasteiger partial charge is 0.481 e. The number of amides is 2. The SMILES string of the molecule is CC(=O)O.CC(C)COC(=O)N1CCN(CC2CN(c3ccc(C(=N)N)cc3)C(=O)O2)CC1. The van der Waals surface area contributed by atoms with E-state index in [1.165, 1.54) is 0 Å². The van der Waals surface area contributed by atoms with Crippen molar-refractivity contribution in [3.63, 3.8) is 0 Å². The second kappa shape index (κ2) is 12.0. The van der Waals surface area contributed by atoms with E-state index < -0.39 is 5.97 Å². The molecular formula is C22H33N5O6. The first kappa shape index (κ1) is 25.9. The van der Waals surface area contributed by atoms with Crippen molar-refractivity contribution in [2.45, 2.75) is 26.9 Å². The molecule has 182 valence electrons. The van der Waals surface area contributed by atoms with Gasteiger partial charge in [-0.05, 0) is 30.2 Å². The number of nitrogen functional groups attached to an aromatic ring is 1. The van der Waals surface area contributed by atoms with Gasteiger partial charge in [0.25, 0.3) is 5.97 Å². The van der Waals surface area contributed by atoms with Crippen molar-refractivity contribution in [1.82, 2.24) is 9.80 Å². The molecule has 1 unspecified atom stereocenters. The molecule has 0 radical (unpaired) electrons. The van der Waals surface area contributed by atoms with Crippen LogP contribution >= 0.6 is 0 Å². The quantitative estimate of drug-likeness (QED) is 0.427. The molecule has 11 heteroatoms. The summed E-state index contributed by atoms with van der Waals surface area (Å²) < 4.78 is 10.8. The normalized spacial score (nSPS) is 18.4. The standard InChI is InChI=1S/C20H29N5O4.C2H4O2/c1-14(2)13-28-19(26)24-9-7-23(8-10-24)11-17-12-25(20(27)29-17)16-5-3-15(4-6-16)18(21)22;1-2(3)4/h3-6,14,17H,7-13H2,1-2H3,(H3,21,22);1H3,(H,3,4). The fourth-order valence-corrected chi connectivity index (χ4v) is 3.38. The minimum absolute atomic E-state index is 0.00865. The first-order chi connectivity index (χ1) is 15.6. The number of carboxylic acids is 1. The number of cyclic esters (lactones) is 1. The lowest BCUT2D eigenvalue weighted by atomic mass is 10.2. The number of benzene rings is 1. The van der Waals surface area contributed by atoms with Crippen LogP contribution in [0.1, 0.15) is 26.3 Å². The zero-order valence-electron chi connectivity index (χ0n) is 19.3. The Morgan fingerprint density at radius 1 is 1.21 bits per heavy atom. The molecule has 2 fully saturated rings. The number of nitrogens with two attached hydrogens (primary N) is 1. The molecule has 2 saturated heterocycles. The Kier molecular flexibility index (Phi) is 9.46. The predicted octanol–water partition coefficient (Wildman–Crippen LogP) is 1.80. The highest BCUT2D eigenvalue weighted by molar-refractivity contribution is 5.96. The molecule has 2 aliphatic heterocycles. The van der Waals surface area contributed by atoms with Crippen molar-refractivity contribution < 1.29 is 29.0 Å². The second-order valence-electron chi connectivity index (χ2n) is 8.35. The molecule has 2 aliphatic rings. The maximum absolute atomic E-state index is 12.3. The average molecular weight is 464 g/mol. The van der Waals surface area contributed by atoms with Crippen LogP contribution in [0, 0.1) is 11.3 Å². The third-order valence-corrected chi connectivity index (χ3v) is 5.00. The summed E-state index contributed by atoms with van der Waals surface area (Å²) in [5, 5.41) is 14.9. The Morgan fingerprint density at radius 2 is 1.79 bits per heavy atom. The molecular weight excluding hydrogens is 430 g/mol. The Hall–Kier alpha value is -3.34. The van der Waals surface area contributed by atoms with Gasteiger partial charge in [-0.15, -0.1) is 0 Å². The fraction of sp³-hybridized carbons (Fsp3) is 0.545. The molecule has 0 aromatic heterocycles. The summed E-state index contributed by atoms with van der Waals surface area (Å²) in [5.41, 5.74) is 6.81. The highest BCUT2D eigenvalue weighted by Gasteiger charge is 2.34. The molecule has 4 N–H and O–H groups in total. The first-order valence-corrected chi connectivity index (χ1v) is 10.8. The predicted molar refractivity (Wildman–Crippen MR) is 123 cm³/mol. The third-order valence-electron chi connectivity index (χ3n) is 5.00. The minimum Gasteiger partial charge on any atom is -0.481 e. The molecule has 2 heterocycles. The molecule has 0 spiro atoms. The summed E-state index contributed by atoms with van der Waals surface area (Å²) in [5.74, 6) is -0.524. The molecule has 1 atom stereocenters. The van der Waals surface area contributed by atoms with Crippen LogP contribution in [0.15, 0.2) is 24.3 Å². The number of carboxylic acid groups (broad SMARTS) is 1. The summed E-state index contributed by atoms with van der Waals surface area (Å²) in [7, 11) is 0. The number of carbonyl (C=O) groups is 3. The summed E-state index contributed by atoms with van der Waals surface area (Å²) in [6.45, 7) is 9.28. The van der Waals surface area contributed by atoms with Crippen molar-refractivity contribution in [1.29, 1.82) is 5.41 Å². The highest BCUT2D eigenvalue weighted by atomic mass is 16.6. The number of hydrogen-bond acceptors (Lipinski definition) is 7. The van der Waals surface area contributed by atoms with E-state index in [1.807, 2.05) is 13.8 Å². The molecule has 2 amide bonds. The van der Waals surface area contributed by atoms with Crippen LogP contribution in [-0.2, 0) is 14.3 Å². The maximum atomic E-state index is 12.3. The number of nitrogens with one attached hydrogen (secondary N) is 1. The molecule has 0 saturated carbocycles. The Morgan fingerprint density at radius 3 is 2.30 bits per heavy atom. The molecule has 33 heavy (non-hydrogen) atoms. The van der Waals surface area contributed by atoms with Gasteiger partial charge in [0.2, 0.25) is 0 Å². The van der Waals surface area contributed by atoms with Gasteiger partial charge in [0.05, 0.1) is 13.2 Å². The maximum Gasteiger partial charge on any atom is 0.414 e. The first-order valence-electron chi connectivity index (χ1n) is 10.8. The smallest absolute Gasteiger partial charge is 0.414 e. The highest BCUT2D eigenvalue weighted by Crippen LogP contribution is 2.23. The van der Waals surface area contributed by atoms with Crippen LogP contribution in [0.5, 0.6) is 0 Å².